The molecule has 148 valence electrons. The third-order valence-corrected chi connectivity index (χ3v) is 5.00. The number of hydrogen-bond acceptors (Lipinski definition) is 4. The maximum absolute atomic E-state index is 12.3. The van der Waals surface area contributed by atoms with Crippen molar-refractivity contribution in [2.75, 3.05) is 18.5 Å². The summed E-state index contributed by atoms with van der Waals surface area (Å²) in [5.74, 6) is 0.301. The smallest absolute Gasteiger partial charge is 0.253 e. The molecule has 1 saturated carbocycles. The number of aliphatic hydroxyl groups is 1. The van der Waals surface area contributed by atoms with Crippen LogP contribution >= 0.6 is 12.2 Å². The van der Waals surface area contributed by atoms with Crippen molar-refractivity contribution >= 4 is 34.8 Å². The first-order valence-electron chi connectivity index (χ1n) is 9.69. The highest BCUT2D eigenvalue weighted by Crippen LogP contribution is 2.27. The van der Waals surface area contributed by atoms with E-state index >= 15 is 0 Å². The van der Waals surface area contributed by atoms with E-state index in [2.05, 4.69) is 16.0 Å². The number of amides is 2. The molecule has 6 nitrogen and oxygen atoms in total. The number of hydrogen-bond donors (Lipinski definition) is 4. The third kappa shape index (κ3) is 7.64. The highest BCUT2D eigenvalue weighted by molar-refractivity contribution is 7.80. The summed E-state index contributed by atoms with van der Waals surface area (Å²) in [4.78, 5) is 24.4. The second-order valence-corrected chi connectivity index (χ2v) is 7.33. The van der Waals surface area contributed by atoms with Crippen molar-refractivity contribution in [3.05, 3.63) is 29.8 Å². The van der Waals surface area contributed by atoms with Crippen molar-refractivity contribution < 1.29 is 14.7 Å². The molecule has 0 atom stereocenters. The summed E-state index contributed by atoms with van der Waals surface area (Å²) in [7, 11) is 0. The normalized spacial score (nSPS) is 14.4. The van der Waals surface area contributed by atoms with Crippen molar-refractivity contribution in [3.63, 3.8) is 0 Å². The lowest BCUT2D eigenvalue weighted by atomic mass is 9.86. The van der Waals surface area contributed by atoms with Crippen LogP contribution in [-0.2, 0) is 4.79 Å². The van der Waals surface area contributed by atoms with E-state index in [0.29, 0.717) is 36.6 Å². The van der Waals surface area contributed by atoms with Crippen molar-refractivity contribution in [1.82, 2.24) is 10.6 Å². The van der Waals surface area contributed by atoms with Crippen molar-refractivity contribution in [1.29, 1.82) is 0 Å². The summed E-state index contributed by atoms with van der Waals surface area (Å²) in [6, 6.07) is 6.98. The van der Waals surface area contributed by atoms with Gasteiger partial charge in [0.05, 0.1) is 11.3 Å². The Morgan fingerprint density at radius 1 is 1.15 bits per heavy atom. The van der Waals surface area contributed by atoms with Crippen LogP contribution in [0.15, 0.2) is 24.3 Å². The molecule has 1 aromatic carbocycles. The molecule has 0 aliphatic heterocycles. The number of thiocarbonyl (C=S) groups is 1. The SMILES string of the molecule is O=C(CCC1CCCCC1)NC(=S)Nc1ccccc1C(=O)NCCCO. The molecule has 0 saturated heterocycles. The maximum Gasteiger partial charge on any atom is 0.253 e. The van der Waals surface area contributed by atoms with Crippen LogP contribution in [0.3, 0.4) is 0 Å². The first-order chi connectivity index (χ1) is 13.1. The molecule has 0 unspecified atom stereocenters. The van der Waals surface area contributed by atoms with Gasteiger partial charge in [0, 0.05) is 19.6 Å². The van der Waals surface area contributed by atoms with Crippen LogP contribution < -0.4 is 16.0 Å². The zero-order chi connectivity index (χ0) is 19.5. The number of para-hydroxylation sites is 1. The van der Waals surface area contributed by atoms with E-state index < -0.39 is 0 Å². The molecule has 0 aromatic heterocycles. The number of rotatable bonds is 8. The topological polar surface area (TPSA) is 90.5 Å². The minimum absolute atomic E-state index is 0.0250. The lowest BCUT2D eigenvalue weighted by Crippen LogP contribution is -2.35. The molecule has 0 bridgehead atoms. The molecule has 0 heterocycles. The van der Waals surface area contributed by atoms with Crippen molar-refractivity contribution in [3.8, 4) is 0 Å². The predicted molar refractivity (Wildman–Crippen MR) is 111 cm³/mol. The molecular formula is C20H29N3O3S. The largest absolute Gasteiger partial charge is 0.396 e. The Morgan fingerprint density at radius 3 is 2.63 bits per heavy atom. The zero-order valence-electron chi connectivity index (χ0n) is 15.6. The highest BCUT2D eigenvalue weighted by atomic mass is 32.1. The second-order valence-electron chi connectivity index (χ2n) is 6.92. The number of carbonyl (C=O) groups excluding carboxylic acids is 2. The summed E-state index contributed by atoms with van der Waals surface area (Å²) in [5, 5.41) is 17.4. The number of nitrogens with one attached hydrogen (secondary N) is 3. The molecular weight excluding hydrogens is 362 g/mol. The molecule has 0 spiro atoms. The fourth-order valence-corrected chi connectivity index (χ4v) is 3.54. The average Bonchev–Trinajstić information content (AvgIpc) is 2.67. The maximum atomic E-state index is 12.3. The Bertz CT molecular complexity index is 645. The molecule has 4 N–H and O–H groups in total. The van der Waals surface area contributed by atoms with Gasteiger partial charge in [0.25, 0.3) is 5.91 Å². The fraction of sp³-hybridized carbons (Fsp3) is 0.550. The molecule has 1 aliphatic carbocycles. The predicted octanol–water partition coefficient (Wildman–Crippen LogP) is 2.97. The van der Waals surface area contributed by atoms with Gasteiger partial charge >= 0.3 is 0 Å². The Balaban J connectivity index is 1.82. The number of aliphatic hydroxyl groups excluding tert-OH is 1. The van der Waals surface area contributed by atoms with E-state index in [4.69, 9.17) is 17.3 Å². The van der Waals surface area contributed by atoms with E-state index in [1.807, 2.05) is 0 Å². The van der Waals surface area contributed by atoms with Gasteiger partial charge in [0.1, 0.15) is 0 Å². The van der Waals surface area contributed by atoms with Crippen LogP contribution in [0.2, 0.25) is 0 Å². The second kappa shape index (κ2) is 11.7. The van der Waals surface area contributed by atoms with E-state index in [0.717, 1.165) is 6.42 Å². The summed E-state index contributed by atoms with van der Waals surface area (Å²) >= 11 is 5.23. The molecule has 1 aromatic rings. The van der Waals surface area contributed by atoms with Crippen LogP contribution in [0.25, 0.3) is 0 Å². The highest BCUT2D eigenvalue weighted by Gasteiger charge is 2.16. The minimum atomic E-state index is -0.252. The minimum Gasteiger partial charge on any atom is -0.396 e. The molecule has 2 rings (SSSR count). The van der Waals surface area contributed by atoms with Gasteiger partial charge in [-0.25, -0.2) is 0 Å². The molecule has 27 heavy (non-hydrogen) atoms. The Labute approximate surface area is 166 Å². The van der Waals surface area contributed by atoms with Crippen LogP contribution in [0, 0.1) is 5.92 Å². The van der Waals surface area contributed by atoms with Gasteiger partial charge in [-0.2, -0.15) is 0 Å². The lowest BCUT2D eigenvalue weighted by Gasteiger charge is -2.21. The number of benzene rings is 1. The van der Waals surface area contributed by atoms with E-state index in [1.165, 1.54) is 32.1 Å². The summed E-state index contributed by atoms with van der Waals surface area (Å²) in [6.45, 7) is 0.420. The third-order valence-electron chi connectivity index (χ3n) is 4.80. The lowest BCUT2D eigenvalue weighted by molar-refractivity contribution is -0.120. The number of carbonyl (C=O) groups is 2. The van der Waals surface area contributed by atoms with E-state index in [-0.39, 0.29) is 23.5 Å². The monoisotopic (exact) mass is 391 g/mol. The fourth-order valence-electron chi connectivity index (χ4n) is 3.32. The van der Waals surface area contributed by atoms with Crippen LogP contribution in [0.1, 0.15) is 61.7 Å². The number of anilines is 1. The Morgan fingerprint density at radius 2 is 1.89 bits per heavy atom. The Hall–Kier alpha value is -1.99. The van der Waals surface area contributed by atoms with Crippen LogP contribution in [0.5, 0.6) is 0 Å². The first kappa shape index (κ1) is 21.3. The van der Waals surface area contributed by atoms with Gasteiger partial charge in [0.2, 0.25) is 5.91 Å². The van der Waals surface area contributed by atoms with Gasteiger partial charge in [-0.1, -0.05) is 44.2 Å². The molecule has 7 heteroatoms. The summed E-state index contributed by atoms with van der Waals surface area (Å²) < 4.78 is 0. The summed E-state index contributed by atoms with van der Waals surface area (Å²) in [6.07, 6.45) is 8.14. The summed E-state index contributed by atoms with van der Waals surface area (Å²) in [5.41, 5.74) is 0.978. The van der Waals surface area contributed by atoms with Crippen LogP contribution in [0.4, 0.5) is 5.69 Å². The van der Waals surface area contributed by atoms with Gasteiger partial charge < -0.3 is 21.1 Å². The zero-order valence-corrected chi connectivity index (χ0v) is 16.4. The van der Waals surface area contributed by atoms with Gasteiger partial charge in [-0.3, -0.25) is 9.59 Å². The molecule has 1 aliphatic rings. The van der Waals surface area contributed by atoms with Crippen molar-refractivity contribution in [2.24, 2.45) is 5.92 Å². The quantitative estimate of drug-likeness (QED) is 0.404. The van der Waals surface area contributed by atoms with E-state index in [9.17, 15) is 9.59 Å². The standard InChI is InChI=1S/C20H29N3O3S/c24-14-6-13-21-19(26)16-9-4-5-10-17(16)22-20(27)23-18(25)12-11-15-7-2-1-3-8-15/h4-5,9-10,15,24H,1-3,6-8,11-14H2,(H,21,26)(H2,22,23,25,27). The molecule has 2 amide bonds. The Kier molecular flexibility index (Phi) is 9.21. The van der Waals surface area contributed by atoms with Gasteiger partial charge in [-0.15, -0.1) is 0 Å². The van der Waals surface area contributed by atoms with Crippen LogP contribution in [-0.4, -0.2) is 35.2 Å². The molecule has 1 fully saturated rings. The van der Waals surface area contributed by atoms with Crippen molar-refractivity contribution in [2.45, 2.75) is 51.4 Å². The molecule has 0 radical (unpaired) electrons. The van der Waals surface area contributed by atoms with Gasteiger partial charge in [-0.05, 0) is 43.1 Å². The van der Waals surface area contributed by atoms with E-state index in [1.54, 1.807) is 24.3 Å². The van der Waals surface area contributed by atoms with Gasteiger partial charge in [0.15, 0.2) is 5.11 Å². The average molecular weight is 392 g/mol. The first-order valence-corrected chi connectivity index (χ1v) is 10.1.